The van der Waals surface area contributed by atoms with Crippen molar-refractivity contribution in [2.75, 3.05) is 40.3 Å². The van der Waals surface area contributed by atoms with E-state index in [0.29, 0.717) is 25.8 Å². The molecule has 0 saturated carbocycles. The molecule has 0 spiro atoms. The molecule has 1 aromatic carbocycles. The third-order valence-electron chi connectivity index (χ3n) is 12.0. The lowest BCUT2D eigenvalue weighted by Gasteiger charge is -2.46. The van der Waals surface area contributed by atoms with E-state index in [1.165, 1.54) is 11.1 Å². The van der Waals surface area contributed by atoms with Crippen LogP contribution < -0.4 is 0 Å². The molecule has 1 fully saturated rings. The van der Waals surface area contributed by atoms with Crippen molar-refractivity contribution >= 4 is 11.8 Å². The zero-order valence-electron chi connectivity index (χ0n) is 34.3. The van der Waals surface area contributed by atoms with Crippen molar-refractivity contribution in [2.45, 2.75) is 136 Å². The summed E-state index contributed by atoms with van der Waals surface area (Å²) in [6.45, 7) is 18.5. The van der Waals surface area contributed by atoms with Crippen molar-refractivity contribution in [1.82, 2.24) is 14.7 Å². The van der Waals surface area contributed by atoms with Crippen LogP contribution in [0.3, 0.4) is 0 Å². The highest BCUT2D eigenvalue weighted by molar-refractivity contribution is 5.91. The zero-order chi connectivity index (χ0) is 39.7. The summed E-state index contributed by atoms with van der Waals surface area (Å²) < 4.78 is 19.1. The quantitative estimate of drug-likeness (QED) is 0.275. The van der Waals surface area contributed by atoms with E-state index < -0.39 is 60.8 Å². The molecule has 0 radical (unpaired) electrons. The topological polar surface area (TPSA) is 132 Å². The smallest absolute Gasteiger partial charge is 0.308 e. The second kappa shape index (κ2) is 20.6. The SMILES string of the molecule is CC[C@H]1OC(=O)C[C@@H](O)[C@H](C)[C@@H](O[C@@H]2O[C@H](C)[C@@H](O)[C@H](N(C)C)[C@H]2O)[C@@H](CCN2Cc3ccccc3C2)C[C@@H](C)C(=O)/C=C\C(C)=C/[C@@H]1CN(CC)CC. The van der Waals surface area contributed by atoms with Gasteiger partial charge in [-0.2, -0.15) is 0 Å². The van der Waals surface area contributed by atoms with E-state index in [2.05, 4.69) is 54.0 Å². The van der Waals surface area contributed by atoms with Crippen molar-refractivity contribution in [3.8, 4) is 0 Å². The Labute approximate surface area is 324 Å². The third-order valence-corrected chi connectivity index (χ3v) is 12.0. The van der Waals surface area contributed by atoms with Crippen LogP contribution in [0.1, 0.15) is 85.3 Å². The number of fused-ring (bicyclic) bond motifs is 1. The van der Waals surface area contributed by atoms with Crippen molar-refractivity contribution in [1.29, 1.82) is 0 Å². The summed E-state index contributed by atoms with van der Waals surface area (Å²) in [5.41, 5.74) is 3.52. The summed E-state index contributed by atoms with van der Waals surface area (Å²) in [4.78, 5) is 33.9. The zero-order valence-corrected chi connectivity index (χ0v) is 34.3. The molecule has 3 heterocycles. The Kier molecular flexibility index (Phi) is 16.9. The number of nitrogens with zero attached hydrogens (tertiary/aromatic N) is 3. The molecular formula is C43H69N3O8. The largest absolute Gasteiger partial charge is 0.462 e. The first kappa shape index (κ1) is 44.2. The number of esters is 1. The van der Waals surface area contributed by atoms with Gasteiger partial charge in [0.15, 0.2) is 12.1 Å². The lowest BCUT2D eigenvalue weighted by atomic mass is 9.79. The number of aliphatic hydroxyl groups excluding tert-OH is 3. The fourth-order valence-electron chi connectivity index (χ4n) is 8.55. The predicted molar refractivity (Wildman–Crippen MR) is 210 cm³/mol. The molecule has 12 atom stereocenters. The van der Waals surface area contributed by atoms with Crippen LogP contribution in [0.4, 0.5) is 0 Å². The first-order chi connectivity index (χ1) is 25.7. The van der Waals surface area contributed by atoms with Crippen molar-refractivity contribution < 1.29 is 39.1 Å². The summed E-state index contributed by atoms with van der Waals surface area (Å²) in [6, 6.07) is 7.77. The molecule has 4 rings (SSSR count). The van der Waals surface area contributed by atoms with E-state index in [1.807, 2.05) is 33.8 Å². The van der Waals surface area contributed by atoms with E-state index in [-0.39, 0.29) is 30.0 Å². The van der Waals surface area contributed by atoms with Gasteiger partial charge in [0.05, 0.1) is 36.9 Å². The highest BCUT2D eigenvalue weighted by Gasteiger charge is 2.47. The molecule has 54 heavy (non-hydrogen) atoms. The number of aliphatic hydroxyl groups is 3. The van der Waals surface area contributed by atoms with Gasteiger partial charge in [0.1, 0.15) is 12.2 Å². The summed E-state index contributed by atoms with van der Waals surface area (Å²) in [5.74, 6) is -1.82. The Balaban J connectivity index is 1.71. The highest BCUT2D eigenvalue weighted by atomic mass is 16.7. The molecule has 304 valence electrons. The number of carbonyl (C=O) groups excluding carboxylic acids is 2. The van der Waals surface area contributed by atoms with Gasteiger partial charge < -0.3 is 39.3 Å². The fourth-order valence-corrected chi connectivity index (χ4v) is 8.55. The average molecular weight is 756 g/mol. The summed E-state index contributed by atoms with van der Waals surface area (Å²) in [6.07, 6.45) is 0.931. The molecule has 1 saturated heterocycles. The fraction of sp³-hybridized carbons (Fsp3) is 0.721. The molecule has 0 bridgehead atoms. The molecule has 11 nitrogen and oxygen atoms in total. The maximum Gasteiger partial charge on any atom is 0.308 e. The van der Waals surface area contributed by atoms with E-state index >= 15 is 0 Å². The van der Waals surface area contributed by atoms with Gasteiger partial charge in [0, 0.05) is 37.4 Å². The maximum absolute atomic E-state index is 13.8. The van der Waals surface area contributed by atoms with Gasteiger partial charge in [-0.25, -0.2) is 0 Å². The Bertz CT molecular complexity index is 1390. The van der Waals surface area contributed by atoms with Gasteiger partial charge in [0.2, 0.25) is 0 Å². The Morgan fingerprint density at radius 2 is 1.59 bits per heavy atom. The van der Waals surface area contributed by atoms with Gasteiger partial charge in [0.25, 0.3) is 0 Å². The van der Waals surface area contributed by atoms with Gasteiger partial charge in [-0.05, 0) is 90.0 Å². The molecule has 3 aliphatic rings. The lowest BCUT2D eigenvalue weighted by molar-refractivity contribution is -0.304. The molecule has 3 aliphatic heterocycles. The molecular weight excluding hydrogens is 686 g/mol. The molecule has 3 N–H and O–H groups in total. The van der Waals surface area contributed by atoms with E-state index in [0.717, 1.165) is 38.3 Å². The molecule has 1 aromatic rings. The Hall–Kier alpha value is -2.48. The molecule has 0 amide bonds. The van der Waals surface area contributed by atoms with Crippen LogP contribution in [-0.2, 0) is 36.9 Å². The number of ether oxygens (including phenoxy) is 3. The number of ketones is 1. The summed E-state index contributed by atoms with van der Waals surface area (Å²) in [5, 5.41) is 34.4. The van der Waals surface area contributed by atoms with Gasteiger partial charge >= 0.3 is 5.97 Å². The average Bonchev–Trinajstić information content (AvgIpc) is 3.56. The predicted octanol–water partition coefficient (Wildman–Crippen LogP) is 4.57. The number of carbonyl (C=O) groups is 2. The van der Waals surface area contributed by atoms with Crippen molar-refractivity contribution in [3.05, 3.63) is 59.2 Å². The van der Waals surface area contributed by atoms with Gasteiger partial charge in [-0.1, -0.05) is 76.6 Å². The first-order valence-electron chi connectivity index (χ1n) is 20.3. The minimum absolute atomic E-state index is 0.00231. The minimum Gasteiger partial charge on any atom is -0.462 e. The van der Waals surface area contributed by atoms with Crippen LogP contribution in [0.25, 0.3) is 0 Å². The number of cyclic esters (lactones) is 1. The van der Waals surface area contributed by atoms with Gasteiger partial charge in [-0.15, -0.1) is 0 Å². The lowest BCUT2D eigenvalue weighted by Crippen LogP contribution is -2.63. The first-order valence-corrected chi connectivity index (χ1v) is 20.3. The van der Waals surface area contributed by atoms with Gasteiger partial charge in [-0.3, -0.25) is 14.5 Å². The molecule has 0 aromatic heterocycles. The summed E-state index contributed by atoms with van der Waals surface area (Å²) in [7, 11) is 3.59. The molecule has 0 unspecified atom stereocenters. The number of hydrogen-bond acceptors (Lipinski definition) is 11. The van der Waals surface area contributed by atoms with Crippen molar-refractivity contribution in [3.63, 3.8) is 0 Å². The Morgan fingerprint density at radius 1 is 0.944 bits per heavy atom. The van der Waals surface area contributed by atoms with Crippen LogP contribution in [0, 0.1) is 23.7 Å². The Morgan fingerprint density at radius 3 is 2.19 bits per heavy atom. The second-order valence-corrected chi connectivity index (χ2v) is 16.3. The number of likely N-dealkylation sites (N-methyl/N-ethyl adjacent to an activating group) is 1. The standard InChI is InChI=1S/C43H69N3O8/c1-10-37-34(26-45(11-2)12-3)21-27(4)17-18-35(47)28(5)22-31(19-20-46-24-32-15-13-14-16-33(32)25-46)42(29(6)36(48)23-38(49)53-37)54-43-41(51)39(44(8)9)40(50)30(7)52-43/h13-18,21,28-31,34,36-37,39-43,48,50-51H,10-12,19-20,22-26H2,1-9H3/b18-17-,27-21-/t28-,29+,30-,31+,34-,36-,37-,39+,40-,41-,42-,43+/m1/s1. The van der Waals surface area contributed by atoms with Crippen molar-refractivity contribution in [2.24, 2.45) is 23.7 Å². The number of allylic oxidation sites excluding steroid dienone is 3. The number of hydrogen-bond donors (Lipinski definition) is 3. The maximum atomic E-state index is 13.8. The van der Waals surface area contributed by atoms with E-state index in [4.69, 9.17) is 14.2 Å². The highest BCUT2D eigenvalue weighted by Crippen LogP contribution is 2.35. The number of rotatable bonds is 11. The second-order valence-electron chi connectivity index (χ2n) is 16.3. The molecule has 11 heteroatoms. The van der Waals surface area contributed by atoms with Crippen LogP contribution in [0.15, 0.2) is 48.1 Å². The number of benzene rings is 1. The minimum atomic E-state index is -1.19. The monoisotopic (exact) mass is 756 g/mol. The van der Waals surface area contributed by atoms with Crippen LogP contribution in [0.5, 0.6) is 0 Å². The summed E-state index contributed by atoms with van der Waals surface area (Å²) >= 11 is 0. The third kappa shape index (κ3) is 11.5. The normalized spacial score (nSPS) is 36.5. The van der Waals surface area contributed by atoms with E-state index in [1.54, 1.807) is 32.0 Å². The van der Waals surface area contributed by atoms with Crippen LogP contribution in [0.2, 0.25) is 0 Å². The van der Waals surface area contributed by atoms with Crippen LogP contribution in [-0.4, -0.2) is 131 Å². The van der Waals surface area contributed by atoms with Crippen LogP contribution >= 0.6 is 0 Å². The molecule has 0 aliphatic carbocycles. The van der Waals surface area contributed by atoms with E-state index in [9.17, 15) is 24.9 Å².